The standard InChI is InChI=1S/C8H12Cl2F3N/c1-7(4-10)5-14(3-2-9)6-8(11,12)13/h4H,2-3,5-6H2,1H3. The molecule has 0 atom stereocenters. The van der Waals surface area contributed by atoms with E-state index in [-0.39, 0.29) is 19.0 Å². The number of alkyl halides is 4. The molecule has 0 bridgehead atoms. The van der Waals surface area contributed by atoms with Crippen LogP contribution in [-0.4, -0.2) is 36.6 Å². The highest BCUT2D eigenvalue weighted by molar-refractivity contribution is 6.25. The van der Waals surface area contributed by atoms with E-state index in [0.717, 1.165) is 0 Å². The van der Waals surface area contributed by atoms with Crippen molar-refractivity contribution in [1.82, 2.24) is 4.90 Å². The molecule has 0 aliphatic rings. The zero-order valence-corrected chi connectivity index (χ0v) is 9.25. The van der Waals surface area contributed by atoms with Crippen LogP contribution in [0.2, 0.25) is 0 Å². The molecule has 14 heavy (non-hydrogen) atoms. The third-order valence-electron chi connectivity index (χ3n) is 1.46. The minimum atomic E-state index is -4.20. The Morgan fingerprint density at radius 2 is 2.00 bits per heavy atom. The summed E-state index contributed by atoms with van der Waals surface area (Å²) in [4.78, 5) is 1.21. The quantitative estimate of drug-likeness (QED) is 0.677. The zero-order valence-electron chi connectivity index (χ0n) is 7.74. The molecule has 0 fully saturated rings. The second kappa shape index (κ2) is 6.53. The maximum atomic E-state index is 12.0. The number of nitrogens with zero attached hydrogens (tertiary/aromatic N) is 1. The molecule has 6 heteroatoms. The molecule has 0 saturated carbocycles. The highest BCUT2D eigenvalue weighted by Gasteiger charge is 2.30. The predicted molar refractivity (Wildman–Crippen MR) is 52.8 cm³/mol. The maximum Gasteiger partial charge on any atom is 0.401 e. The third kappa shape index (κ3) is 7.47. The number of halogens is 5. The number of hydrogen-bond acceptors (Lipinski definition) is 1. The highest BCUT2D eigenvalue weighted by atomic mass is 35.5. The molecule has 1 nitrogen and oxygen atoms in total. The van der Waals surface area contributed by atoms with Gasteiger partial charge in [0.25, 0.3) is 0 Å². The first-order chi connectivity index (χ1) is 6.39. The van der Waals surface area contributed by atoms with Crippen molar-refractivity contribution < 1.29 is 13.2 Å². The number of hydrogen-bond donors (Lipinski definition) is 0. The van der Waals surface area contributed by atoms with Gasteiger partial charge in [0, 0.05) is 24.5 Å². The Labute approximate surface area is 91.5 Å². The van der Waals surface area contributed by atoms with Crippen LogP contribution in [-0.2, 0) is 0 Å². The van der Waals surface area contributed by atoms with E-state index >= 15 is 0 Å². The second-order valence-corrected chi connectivity index (χ2v) is 3.57. The van der Waals surface area contributed by atoms with Crippen LogP contribution in [0.5, 0.6) is 0 Å². The Balaban J connectivity index is 4.15. The van der Waals surface area contributed by atoms with Gasteiger partial charge in [0.2, 0.25) is 0 Å². The van der Waals surface area contributed by atoms with Crippen molar-refractivity contribution in [2.45, 2.75) is 13.1 Å². The van der Waals surface area contributed by atoms with E-state index in [1.54, 1.807) is 6.92 Å². The summed E-state index contributed by atoms with van der Waals surface area (Å²) in [5, 5.41) is 0. The first-order valence-corrected chi connectivity index (χ1v) is 4.97. The van der Waals surface area contributed by atoms with Crippen LogP contribution in [0.25, 0.3) is 0 Å². The normalized spacial score (nSPS) is 13.8. The maximum absolute atomic E-state index is 12.0. The van der Waals surface area contributed by atoms with Gasteiger partial charge in [-0.05, 0) is 12.5 Å². The molecule has 0 saturated heterocycles. The third-order valence-corrected chi connectivity index (χ3v) is 2.00. The Hall–Kier alpha value is 0.0700. The Morgan fingerprint density at radius 1 is 1.43 bits per heavy atom. The Kier molecular flexibility index (Phi) is 6.57. The molecular formula is C8H12Cl2F3N. The van der Waals surface area contributed by atoms with Crippen LogP contribution in [0.15, 0.2) is 11.1 Å². The lowest BCUT2D eigenvalue weighted by Gasteiger charge is -2.22. The van der Waals surface area contributed by atoms with Gasteiger partial charge in [0.1, 0.15) is 0 Å². The van der Waals surface area contributed by atoms with Gasteiger partial charge < -0.3 is 0 Å². The molecule has 0 unspecified atom stereocenters. The van der Waals surface area contributed by atoms with Crippen LogP contribution in [0, 0.1) is 0 Å². The first kappa shape index (κ1) is 14.1. The van der Waals surface area contributed by atoms with Crippen LogP contribution in [0.4, 0.5) is 13.2 Å². The van der Waals surface area contributed by atoms with E-state index < -0.39 is 12.7 Å². The summed E-state index contributed by atoms with van der Waals surface area (Å²) in [6.45, 7) is 1.10. The van der Waals surface area contributed by atoms with Crippen molar-refractivity contribution in [3.05, 3.63) is 11.1 Å². The average molecular weight is 250 g/mol. The minimum Gasteiger partial charge on any atom is -0.290 e. The summed E-state index contributed by atoms with van der Waals surface area (Å²) in [6, 6.07) is 0. The lowest BCUT2D eigenvalue weighted by Crippen LogP contribution is -2.36. The Morgan fingerprint density at radius 3 is 2.36 bits per heavy atom. The van der Waals surface area contributed by atoms with Crippen molar-refractivity contribution >= 4 is 23.2 Å². The molecule has 0 aliphatic heterocycles. The molecule has 0 spiro atoms. The molecule has 0 amide bonds. The molecule has 0 rings (SSSR count). The summed E-state index contributed by atoms with van der Waals surface area (Å²) < 4.78 is 36.1. The lowest BCUT2D eigenvalue weighted by atomic mass is 10.3. The highest BCUT2D eigenvalue weighted by Crippen LogP contribution is 2.17. The molecule has 0 N–H and O–H groups in total. The molecule has 0 radical (unpaired) electrons. The van der Waals surface area contributed by atoms with Gasteiger partial charge in [-0.15, -0.1) is 11.6 Å². The summed E-state index contributed by atoms with van der Waals surface area (Å²) in [5.41, 5.74) is 1.96. The van der Waals surface area contributed by atoms with Crippen molar-refractivity contribution in [2.75, 3.05) is 25.5 Å². The summed E-state index contributed by atoms with van der Waals surface area (Å²) >= 11 is 10.8. The molecular weight excluding hydrogens is 238 g/mol. The van der Waals surface area contributed by atoms with Crippen molar-refractivity contribution in [3.63, 3.8) is 0 Å². The van der Waals surface area contributed by atoms with Crippen molar-refractivity contribution in [3.8, 4) is 0 Å². The number of rotatable bonds is 5. The van der Waals surface area contributed by atoms with Gasteiger partial charge in [0.05, 0.1) is 6.54 Å². The average Bonchev–Trinajstić information content (AvgIpc) is 2.01. The SMILES string of the molecule is CC(=CCl)CN(CCCl)CC(F)(F)F. The van der Waals surface area contributed by atoms with Crippen LogP contribution < -0.4 is 0 Å². The fraction of sp³-hybridized carbons (Fsp3) is 0.750. The zero-order chi connectivity index (χ0) is 11.2. The van der Waals surface area contributed by atoms with Gasteiger partial charge >= 0.3 is 6.18 Å². The topological polar surface area (TPSA) is 3.24 Å². The predicted octanol–water partition coefficient (Wildman–Crippen LogP) is 3.23. The summed E-state index contributed by atoms with van der Waals surface area (Å²) in [6.07, 6.45) is -4.20. The minimum absolute atomic E-state index is 0.172. The molecule has 0 aromatic heterocycles. The lowest BCUT2D eigenvalue weighted by molar-refractivity contribution is -0.144. The fourth-order valence-electron chi connectivity index (χ4n) is 0.974. The largest absolute Gasteiger partial charge is 0.401 e. The Bertz CT molecular complexity index is 192. The van der Waals surface area contributed by atoms with Crippen LogP contribution >= 0.6 is 23.2 Å². The molecule has 84 valence electrons. The summed E-state index contributed by atoms with van der Waals surface area (Å²) in [5.74, 6) is 0.172. The monoisotopic (exact) mass is 249 g/mol. The molecule has 0 aliphatic carbocycles. The summed E-state index contributed by atoms with van der Waals surface area (Å²) in [7, 11) is 0. The fourth-order valence-corrected chi connectivity index (χ4v) is 1.28. The van der Waals surface area contributed by atoms with Gasteiger partial charge in [-0.25, -0.2) is 0 Å². The molecule has 0 aromatic carbocycles. The van der Waals surface area contributed by atoms with Gasteiger partial charge in [-0.2, -0.15) is 13.2 Å². The van der Waals surface area contributed by atoms with Crippen molar-refractivity contribution in [1.29, 1.82) is 0 Å². The van der Waals surface area contributed by atoms with E-state index in [0.29, 0.717) is 5.57 Å². The van der Waals surface area contributed by atoms with Gasteiger partial charge in [-0.1, -0.05) is 11.6 Å². The molecule has 0 aromatic rings. The first-order valence-electron chi connectivity index (χ1n) is 4.00. The second-order valence-electron chi connectivity index (χ2n) is 2.97. The van der Waals surface area contributed by atoms with Crippen LogP contribution in [0.3, 0.4) is 0 Å². The molecule has 0 heterocycles. The van der Waals surface area contributed by atoms with E-state index in [1.807, 2.05) is 0 Å². The van der Waals surface area contributed by atoms with E-state index in [1.165, 1.54) is 10.4 Å². The van der Waals surface area contributed by atoms with Gasteiger partial charge in [0.15, 0.2) is 0 Å². The van der Waals surface area contributed by atoms with Crippen molar-refractivity contribution in [2.24, 2.45) is 0 Å². The van der Waals surface area contributed by atoms with E-state index in [9.17, 15) is 13.2 Å². The smallest absolute Gasteiger partial charge is 0.290 e. The van der Waals surface area contributed by atoms with E-state index in [4.69, 9.17) is 23.2 Å². The van der Waals surface area contributed by atoms with Crippen LogP contribution in [0.1, 0.15) is 6.92 Å². The van der Waals surface area contributed by atoms with Gasteiger partial charge in [-0.3, -0.25) is 4.90 Å². The van der Waals surface area contributed by atoms with E-state index in [2.05, 4.69) is 0 Å².